The Morgan fingerprint density at radius 2 is 2.05 bits per heavy atom. The Morgan fingerprint density at radius 1 is 1.35 bits per heavy atom. The quantitative estimate of drug-likeness (QED) is 0.886. The fourth-order valence-corrected chi connectivity index (χ4v) is 3.01. The number of nitrogens with two attached hydrogens (primary N) is 1. The summed E-state index contributed by atoms with van der Waals surface area (Å²) in [5, 5.41) is 3.38. The molecule has 1 aromatic carbocycles. The molecule has 5 heteroatoms. The molecule has 1 amide bonds. The lowest BCUT2D eigenvalue weighted by atomic mass is 9.89. The number of primary amides is 1. The van der Waals surface area contributed by atoms with E-state index in [-0.39, 0.29) is 5.91 Å². The second-order valence-electron chi connectivity index (χ2n) is 5.37. The summed E-state index contributed by atoms with van der Waals surface area (Å²) >= 11 is 3.42. The van der Waals surface area contributed by atoms with Gasteiger partial charge >= 0.3 is 0 Å². The molecule has 1 fully saturated rings. The van der Waals surface area contributed by atoms with Gasteiger partial charge in [-0.2, -0.15) is 0 Å². The third-order valence-corrected chi connectivity index (χ3v) is 4.61. The maximum absolute atomic E-state index is 12.0. The molecule has 1 aliphatic rings. The number of benzene rings is 1. The van der Waals surface area contributed by atoms with Crippen LogP contribution in [0.25, 0.3) is 0 Å². The summed E-state index contributed by atoms with van der Waals surface area (Å²) in [5.74, 6) is -0.252. The molecular weight excluding hydrogens is 318 g/mol. The molecule has 4 nitrogen and oxygen atoms in total. The van der Waals surface area contributed by atoms with Gasteiger partial charge < -0.3 is 16.0 Å². The second-order valence-corrected chi connectivity index (χ2v) is 6.28. The SMILES string of the molecule is CCN1CCCC(Nc2ccc(Br)cc2)(C(N)=O)CC1. The first-order valence-electron chi connectivity index (χ1n) is 7.12. The molecule has 110 valence electrons. The first-order chi connectivity index (χ1) is 9.55. The molecule has 1 heterocycles. The van der Waals surface area contributed by atoms with Crippen molar-refractivity contribution in [3.05, 3.63) is 28.7 Å². The van der Waals surface area contributed by atoms with E-state index in [1.54, 1.807) is 0 Å². The third-order valence-electron chi connectivity index (χ3n) is 4.08. The van der Waals surface area contributed by atoms with E-state index in [4.69, 9.17) is 5.73 Å². The van der Waals surface area contributed by atoms with Crippen LogP contribution in [0.5, 0.6) is 0 Å². The van der Waals surface area contributed by atoms with Crippen LogP contribution < -0.4 is 11.1 Å². The van der Waals surface area contributed by atoms with E-state index in [9.17, 15) is 4.79 Å². The maximum Gasteiger partial charge on any atom is 0.243 e. The summed E-state index contributed by atoms with van der Waals surface area (Å²) in [4.78, 5) is 14.4. The molecule has 3 N–H and O–H groups in total. The maximum atomic E-state index is 12.0. The number of amides is 1. The first-order valence-corrected chi connectivity index (χ1v) is 7.91. The summed E-state index contributed by atoms with van der Waals surface area (Å²) in [6, 6.07) is 7.87. The molecule has 0 aromatic heterocycles. The average Bonchev–Trinajstić information content (AvgIpc) is 2.65. The van der Waals surface area contributed by atoms with Crippen LogP contribution in [0, 0.1) is 0 Å². The van der Waals surface area contributed by atoms with Gasteiger partial charge in [0.15, 0.2) is 0 Å². The van der Waals surface area contributed by atoms with Gasteiger partial charge in [0.1, 0.15) is 5.54 Å². The van der Waals surface area contributed by atoms with E-state index in [1.807, 2.05) is 24.3 Å². The Hall–Kier alpha value is -1.07. The number of hydrogen-bond acceptors (Lipinski definition) is 3. The summed E-state index contributed by atoms with van der Waals surface area (Å²) in [5.41, 5.74) is 6.02. The van der Waals surface area contributed by atoms with Crippen LogP contribution in [0.4, 0.5) is 5.69 Å². The zero-order valence-electron chi connectivity index (χ0n) is 11.9. The minimum Gasteiger partial charge on any atom is -0.371 e. The number of rotatable bonds is 4. The molecule has 0 saturated carbocycles. The van der Waals surface area contributed by atoms with Gasteiger partial charge in [-0.25, -0.2) is 0 Å². The molecular formula is C15H22BrN3O. The number of likely N-dealkylation sites (tertiary alicyclic amines) is 1. The van der Waals surface area contributed by atoms with Crippen molar-refractivity contribution in [3.8, 4) is 0 Å². The fraction of sp³-hybridized carbons (Fsp3) is 0.533. The Morgan fingerprint density at radius 3 is 2.65 bits per heavy atom. The summed E-state index contributed by atoms with van der Waals surface area (Å²) in [7, 11) is 0. The average molecular weight is 340 g/mol. The van der Waals surface area contributed by atoms with Gasteiger partial charge in [-0.15, -0.1) is 0 Å². The number of halogens is 1. The third kappa shape index (κ3) is 3.52. The van der Waals surface area contributed by atoms with Crippen LogP contribution in [0.1, 0.15) is 26.2 Å². The van der Waals surface area contributed by atoms with Crippen molar-refractivity contribution < 1.29 is 4.79 Å². The zero-order valence-corrected chi connectivity index (χ0v) is 13.4. The molecule has 0 spiro atoms. The lowest BCUT2D eigenvalue weighted by Gasteiger charge is -2.31. The summed E-state index contributed by atoms with van der Waals surface area (Å²) in [6.07, 6.45) is 2.53. The molecule has 0 radical (unpaired) electrons. The van der Waals surface area contributed by atoms with Gasteiger partial charge in [-0.05, 0) is 56.6 Å². The molecule has 1 aliphatic heterocycles. The molecule has 2 rings (SSSR count). The standard InChI is InChI=1S/C15H22BrN3O/c1-2-19-10-3-8-15(9-11-19,14(17)20)18-13-6-4-12(16)5-7-13/h4-7,18H,2-3,8-11H2,1H3,(H2,17,20). The number of carbonyl (C=O) groups excluding carboxylic acids is 1. The van der Waals surface area contributed by atoms with Crippen LogP contribution in [0.15, 0.2) is 28.7 Å². The van der Waals surface area contributed by atoms with Crippen molar-refractivity contribution in [3.63, 3.8) is 0 Å². The van der Waals surface area contributed by atoms with Crippen LogP contribution in [-0.4, -0.2) is 36.0 Å². The predicted octanol–water partition coefficient (Wildman–Crippen LogP) is 2.59. The number of carbonyl (C=O) groups is 1. The Kier molecular flexibility index (Phi) is 5.05. The van der Waals surface area contributed by atoms with Crippen molar-refractivity contribution >= 4 is 27.5 Å². The molecule has 0 aliphatic carbocycles. The van der Waals surface area contributed by atoms with Crippen molar-refractivity contribution in [1.82, 2.24) is 4.90 Å². The van der Waals surface area contributed by atoms with Gasteiger partial charge in [0, 0.05) is 16.7 Å². The molecule has 1 atom stereocenters. The van der Waals surface area contributed by atoms with Gasteiger partial charge in [-0.1, -0.05) is 22.9 Å². The highest BCUT2D eigenvalue weighted by Gasteiger charge is 2.37. The summed E-state index contributed by atoms with van der Waals surface area (Å²) < 4.78 is 1.02. The number of anilines is 1. The van der Waals surface area contributed by atoms with Crippen LogP contribution in [0.3, 0.4) is 0 Å². The van der Waals surface area contributed by atoms with E-state index < -0.39 is 5.54 Å². The highest BCUT2D eigenvalue weighted by atomic mass is 79.9. The number of hydrogen-bond donors (Lipinski definition) is 2. The van der Waals surface area contributed by atoms with Gasteiger partial charge in [0.25, 0.3) is 0 Å². The van der Waals surface area contributed by atoms with Crippen molar-refractivity contribution in [2.75, 3.05) is 25.0 Å². The Labute approximate surface area is 128 Å². The molecule has 20 heavy (non-hydrogen) atoms. The monoisotopic (exact) mass is 339 g/mol. The molecule has 1 aromatic rings. The largest absolute Gasteiger partial charge is 0.371 e. The lowest BCUT2D eigenvalue weighted by Crippen LogP contribution is -2.51. The Balaban J connectivity index is 2.17. The van der Waals surface area contributed by atoms with Crippen molar-refractivity contribution in [1.29, 1.82) is 0 Å². The van der Waals surface area contributed by atoms with E-state index in [0.717, 1.165) is 49.1 Å². The van der Waals surface area contributed by atoms with E-state index >= 15 is 0 Å². The molecule has 1 unspecified atom stereocenters. The van der Waals surface area contributed by atoms with Gasteiger partial charge in [-0.3, -0.25) is 4.79 Å². The zero-order chi connectivity index (χ0) is 14.6. The highest BCUT2D eigenvalue weighted by molar-refractivity contribution is 9.10. The first kappa shape index (κ1) is 15.3. The van der Waals surface area contributed by atoms with E-state index in [1.165, 1.54) is 0 Å². The normalized spacial score (nSPS) is 24.1. The smallest absolute Gasteiger partial charge is 0.243 e. The second kappa shape index (κ2) is 6.59. The van der Waals surface area contributed by atoms with Crippen molar-refractivity contribution in [2.24, 2.45) is 5.73 Å². The predicted molar refractivity (Wildman–Crippen MR) is 85.7 cm³/mol. The topological polar surface area (TPSA) is 58.4 Å². The minimum absolute atomic E-state index is 0.252. The van der Waals surface area contributed by atoms with Crippen LogP contribution in [0.2, 0.25) is 0 Å². The number of nitrogens with zero attached hydrogens (tertiary/aromatic N) is 1. The minimum atomic E-state index is -0.627. The van der Waals surface area contributed by atoms with Crippen molar-refractivity contribution in [2.45, 2.75) is 31.7 Å². The lowest BCUT2D eigenvalue weighted by molar-refractivity contribution is -0.122. The number of nitrogens with one attached hydrogen (secondary N) is 1. The fourth-order valence-electron chi connectivity index (χ4n) is 2.75. The van der Waals surface area contributed by atoms with E-state index in [0.29, 0.717) is 0 Å². The molecule has 1 saturated heterocycles. The molecule has 0 bridgehead atoms. The van der Waals surface area contributed by atoms with Gasteiger partial charge in [0.05, 0.1) is 0 Å². The van der Waals surface area contributed by atoms with Crippen LogP contribution >= 0.6 is 15.9 Å². The Bertz CT molecular complexity index is 463. The van der Waals surface area contributed by atoms with Gasteiger partial charge in [0.2, 0.25) is 5.91 Å². The van der Waals surface area contributed by atoms with E-state index in [2.05, 4.69) is 33.1 Å². The highest BCUT2D eigenvalue weighted by Crippen LogP contribution is 2.27. The summed E-state index contributed by atoms with van der Waals surface area (Å²) in [6.45, 7) is 5.11. The van der Waals surface area contributed by atoms with Crippen LogP contribution in [-0.2, 0) is 4.79 Å².